The predicted octanol–water partition coefficient (Wildman–Crippen LogP) is 1.31. The lowest BCUT2D eigenvalue weighted by Gasteiger charge is -2.22. The van der Waals surface area contributed by atoms with E-state index in [1.807, 2.05) is 20.8 Å². The summed E-state index contributed by atoms with van der Waals surface area (Å²) in [5.74, 6) is -0.213. The van der Waals surface area contributed by atoms with Gasteiger partial charge in [0.2, 0.25) is 0 Å². The van der Waals surface area contributed by atoms with Gasteiger partial charge in [-0.05, 0) is 20.3 Å². The van der Waals surface area contributed by atoms with Crippen LogP contribution in [0.25, 0.3) is 0 Å². The van der Waals surface area contributed by atoms with E-state index >= 15 is 0 Å². The molecule has 110 valence electrons. The fraction of sp³-hybridized carbons (Fsp3) is 0.846. The van der Waals surface area contributed by atoms with Crippen LogP contribution in [-0.4, -0.2) is 61.9 Å². The number of hydrogen-bond donors (Lipinski definition) is 0. The monoisotopic (exact) mass is 272 g/mol. The van der Waals surface area contributed by atoms with Gasteiger partial charge in [0.05, 0.1) is 12.0 Å². The topological polar surface area (TPSA) is 59.1 Å². The van der Waals surface area contributed by atoms with Crippen molar-refractivity contribution >= 4 is 12.0 Å². The summed E-state index contributed by atoms with van der Waals surface area (Å²) in [6, 6.07) is -0.0624. The molecule has 0 aliphatic carbocycles. The maximum absolute atomic E-state index is 11.9. The Morgan fingerprint density at radius 3 is 2.53 bits per heavy atom. The summed E-state index contributed by atoms with van der Waals surface area (Å²) in [7, 11) is 1.56. The minimum Gasteiger partial charge on any atom is -0.463 e. The molecule has 1 fully saturated rings. The number of carbonyl (C=O) groups excluding carboxylic acids is 2. The Balaban J connectivity index is 2.31. The average molecular weight is 272 g/mol. The number of hydrogen-bond acceptors (Lipinski definition) is 4. The van der Waals surface area contributed by atoms with Crippen molar-refractivity contribution in [2.24, 2.45) is 5.41 Å². The van der Waals surface area contributed by atoms with Crippen molar-refractivity contribution in [1.29, 1.82) is 0 Å². The average Bonchev–Trinajstić information content (AvgIpc) is 2.72. The molecule has 0 aromatic rings. The molecular weight excluding hydrogens is 248 g/mol. The normalized spacial score (nSPS) is 16.1. The SMILES string of the molecule is CCC(C)(C)C(=O)OCCN1CCN(COC)C1=O. The molecule has 6 heteroatoms. The summed E-state index contributed by atoms with van der Waals surface area (Å²) in [6.45, 7) is 7.95. The molecule has 1 heterocycles. The number of urea groups is 1. The summed E-state index contributed by atoms with van der Waals surface area (Å²) in [5, 5.41) is 0. The highest BCUT2D eigenvalue weighted by Gasteiger charge is 2.30. The van der Waals surface area contributed by atoms with Crippen LogP contribution in [0.15, 0.2) is 0 Å². The zero-order valence-electron chi connectivity index (χ0n) is 12.3. The Hall–Kier alpha value is -1.30. The molecule has 0 atom stereocenters. The molecular formula is C13H24N2O4. The maximum Gasteiger partial charge on any atom is 0.322 e. The molecule has 0 bridgehead atoms. The molecule has 0 saturated carbocycles. The van der Waals surface area contributed by atoms with E-state index in [1.165, 1.54) is 0 Å². The molecule has 0 N–H and O–H groups in total. The third-order valence-corrected chi connectivity index (χ3v) is 3.50. The zero-order chi connectivity index (χ0) is 14.5. The van der Waals surface area contributed by atoms with Crippen molar-refractivity contribution in [3.05, 3.63) is 0 Å². The highest BCUT2D eigenvalue weighted by Crippen LogP contribution is 2.21. The molecule has 0 unspecified atom stereocenters. The van der Waals surface area contributed by atoms with Crippen molar-refractivity contribution in [2.45, 2.75) is 27.2 Å². The van der Waals surface area contributed by atoms with Crippen molar-refractivity contribution in [3.63, 3.8) is 0 Å². The molecule has 1 aliphatic rings. The van der Waals surface area contributed by atoms with E-state index in [9.17, 15) is 9.59 Å². The van der Waals surface area contributed by atoms with Gasteiger partial charge in [0.15, 0.2) is 0 Å². The van der Waals surface area contributed by atoms with Gasteiger partial charge in [-0.15, -0.1) is 0 Å². The van der Waals surface area contributed by atoms with E-state index in [4.69, 9.17) is 9.47 Å². The van der Waals surface area contributed by atoms with Crippen LogP contribution in [0.1, 0.15) is 27.2 Å². The molecule has 0 aromatic carbocycles. The smallest absolute Gasteiger partial charge is 0.322 e. The first-order chi connectivity index (χ1) is 8.92. The second-order valence-electron chi connectivity index (χ2n) is 5.32. The molecule has 19 heavy (non-hydrogen) atoms. The third-order valence-electron chi connectivity index (χ3n) is 3.50. The molecule has 0 aromatic heterocycles. The first-order valence-corrected chi connectivity index (χ1v) is 6.62. The van der Waals surface area contributed by atoms with E-state index in [2.05, 4.69) is 0 Å². The van der Waals surface area contributed by atoms with Crippen LogP contribution in [0.4, 0.5) is 4.79 Å². The second kappa shape index (κ2) is 6.75. The highest BCUT2D eigenvalue weighted by atomic mass is 16.5. The number of nitrogens with zero attached hydrogens (tertiary/aromatic N) is 2. The van der Waals surface area contributed by atoms with Gasteiger partial charge >= 0.3 is 12.0 Å². The molecule has 1 aliphatic heterocycles. The number of esters is 1. The van der Waals surface area contributed by atoms with Gasteiger partial charge in [0, 0.05) is 20.2 Å². The quantitative estimate of drug-likeness (QED) is 0.656. The van der Waals surface area contributed by atoms with E-state index in [1.54, 1.807) is 16.9 Å². The Morgan fingerprint density at radius 1 is 1.32 bits per heavy atom. The molecule has 6 nitrogen and oxygen atoms in total. The lowest BCUT2D eigenvalue weighted by atomic mass is 9.91. The highest BCUT2D eigenvalue weighted by molar-refractivity contribution is 5.77. The van der Waals surface area contributed by atoms with E-state index in [0.29, 0.717) is 26.4 Å². The molecule has 1 rings (SSSR count). The Morgan fingerprint density at radius 2 is 1.95 bits per heavy atom. The van der Waals surface area contributed by atoms with Gasteiger partial charge in [-0.1, -0.05) is 6.92 Å². The largest absolute Gasteiger partial charge is 0.463 e. The lowest BCUT2D eigenvalue weighted by molar-refractivity contribution is -0.154. The van der Waals surface area contributed by atoms with Gasteiger partial charge < -0.3 is 14.4 Å². The fourth-order valence-corrected chi connectivity index (χ4v) is 1.70. The summed E-state index contributed by atoms with van der Waals surface area (Å²) < 4.78 is 10.2. The van der Waals surface area contributed by atoms with Crippen LogP contribution in [0, 0.1) is 5.41 Å². The van der Waals surface area contributed by atoms with Gasteiger partial charge in [0.25, 0.3) is 0 Å². The summed E-state index contributed by atoms with van der Waals surface area (Å²) in [6.07, 6.45) is 0.732. The minimum atomic E-state index is -0.461. The Bertz CT molecular complexity index is 331. The number of carbonyl (C=O) groups is 2. The van der Waals surface area contributed by atoms with Crippen LogP contribution >= 0.6 is 0 Å². The maximum atomic E-state index is 11.9. The van der Waals surface area contributed by atoms with Crippen LogP contribution < -0.4 is 0 Å². The van der Waals surface area contributed by atoms with Crippen LogP contribution in [0.3, 0.4) is 0 Å². The van der Waals surface area contributed by atoms with Crippen LogP contribution in [0.2, 0.25) is 0 Å². The fourth-order valence-electron chi connectivity index (χ4n) is 1.70. The lowest BCUT2D eigenvalue weighted by Crippen LogP contribution is -2.36. The van der Waals surface area contributed by atoms with E-state index in [0.717, 1.165) is 6.42 Å². The number of ether oxygens (including phenoxy) is 2. The first-order valence-electron chi connectivity index (χ1n) is 6.62. The van der Waals surface area contributed by atoms with Gasteiger partial charge in [-0.3, -0.25) is 9.69 Å². The summed E-state index contributed by atoms with van der Waals surface area (Å²) in [4.78, 5) is 26.9. The number of methoxy groups -OCH3 is 1. The number of rotatable bonds is 7. The molecule has 0 radical (unpaired) electrons. The van der Waals surface area contributed by atoms with Crippen molar-refractivity contribution in [3.8, 4) is 0 Å². The molecule has 1 saturated heterocycles. The van der Waals surface area contributed by atoms with Crippen LogP contribution in [-0.2, 0) is 14.3 Å². The summed E-state index contributed by atoms with van der Waals surface area (Å²) in [5.41, 5.74) is -0.461. The Kier molecular flexibility index (Phi) is 5.60. The first kappa shape index (κ1) is 15.8. The number of amides is 2. The van der Waals surface area contributed by atoms with Crippen molar-refractivity contribution < 1.29 is 19.1 Å². The van der Waals surface area contributed by atoms with Gasteiger partial charge in [-0.25, -0.2) is 4.79 Å². The van der Waals surface area contributed by atoms with E-state index in [-0.39, 0.29) is 18.6 Å². The minimum absolute atomic E-state index is 0.0624. The zero-order valence-corrected chi connectivity index (χ0v) is 12.3. The van der Waals surface area contributed by atoms with Crippen molar-refractivity contribution in [2.75, 3.05) is 40.1 Å². The molecule has 2 amide bonds. The molecule has 0 spiro atoms. The Labute approximate surface area is 114 Å². The van der Waals surface area contributed by atoms with Crippen molar-refractivity contribution in [1.82, 2.24) is 9.80 Å². The standard InChI is InChI=1S/C13H24N2O4/c1-5-13(2,3)11(16)19-9-8-14-6-7-15(10-18-4)12(14)17/h5-10H2,1-4H3. The second-order valence-corrected chi connectivity index (χ2v) is 5.32. The summed E-state index contributed by atoms with van der Waals surface area (Å²) >= 11 is 0. The third kappa shape index (κ3) is 4.09. The van der Waals surface area contributed by atoms with Gasteiger partial charge in [0.1, 0.15) is 13.3 Å². The van der Waals surface area contributed by atoms with Gasteiger partial charge in [-0.2, -0.15) is 0 Å². The van der Waals surface area contributed by atoms with Crippen LogP contribution in [0.5, 0.6) is 0 Å². The predicted molar refractivity (Wildman–Crippen MR) is 70.6 cm³/mol. The van der Waals surface area contributed by atoms with E-state index < -0.39 is 5.41 Å².